The van der Waals surface area contributed by atoms with E-state index < -0.39 is 6.04 Å². The lowest BCUT2D eigenvalue weighted by Crippen LogP contribution is -2.54. The standard InChI is InChI=1S/C26H35N3O3/c1-18(2)15-24(28-25(30)20-8-5-7-19(3)16-20)26(31)27-21-9-6-14-29(17-21)22-10-12-23(32-4)13-11-22/h5,7-8,10-13,16,18,21,24H,6,9,14-15,17H2,1-4H3,(H,27,31)(H,28,30)/t21-,24+/m1/s1. The first-order chi connectivity index (χ1) is 15.4. The molecule has 1 aliphatic heterocycles. The molecule has 1 aliphatic rings. The van der Waals surface area contributed by atoms with Crippen molar-refractivity contribution >= 4 is 17.5 Å². The number of ether oxygens (including phenoxy) is 1. The molecule has 2 N–H and O–H groups in total. The summed E-state index contributed by atoms with van der Waals surface area (Å²) in [4.78, 5) is 28.2. The van der Waals surface area contributed by atoms with Crippen molar-refractivity contribution in [3.8, 4) is 5.75 Å². The largest absolute Gasteiger partial charge is 0.497 e. The molecule has 0 spiro atoms. The van der Waals surface area contributed by atoms with Crippen LogP contribution in [0.4, 0.5) is 5.69 Å². The van der Waals surface area contributed by atoms with Gasteiger partial charge < -0.3 is 20.3 Å². The highest BCUT2D eigenvalue weighted by atomic mass is 16.5. The molecule has 6 heteroatoms. The summed E-state index contributed by atoms with van der Waals surface area (Å²) < 4.78 is 5.25. The monoisotopic (exact) mass is 437 g/mol. The van der Waals surface area contributed by atoms with Gasteiger partial charge in [-0.15, -0.1) is 0 Å². The van der Waals surface area contributed by atoms with E-state index in [4.69, 9.17) is 4.74 Å². The van der Waals surface area contributed by atoms with E-state index in [0.29, 0.717) is 12.0 Å². The molecule has 0 aromatic heterocycles. The minimum absolute atomic E-state index is 0.0453. The zero-order chi connectivity index (χ0) is 23.1. The third-order valence-electron chi connectivity index (χ3n) is 5.81. The van der Waals surface area contributed by atoms with Crippen LogP contribution in [0, 0.1) is 12.8 Å². The Morgan fingerprint density at radius 2 is 1.91 bits per heavy atom. The van der Waals surface area contributed by atoms with Gasteiger partial charge in [-0.3, -0.25) is 9.59 Å². The van der Waals surface area contributed by atoms with Crippen LogP contribution in [-0.2, 0) is 4.79 Å². The van der Waals surface area contributed by atoms with Crippen LogP contribution in [0.3, 0.4) is 0 Å². The third kappa shape index (κ3) is 6.49. The molecular weight excluding hydrogens is 402 g/mol. The molecular formula is C26H35N3O3. The van der Waals surface area contributed by atoms with Gasteiger partial charge in [0.25, 0.3) is 5.91 Å². The van der Waals surface area contributed by atoms with Crippen LogP contribution >= 0.6 is 0 Å². The second-order valence-corrected chi connectivity index (χ2v) is 9.02. The number of carbonyl (C=O) groups excluding carboxylic acids is 2. The molecule has 1 fully saturated rings. The number of carbonyl (C=O) groups is 2. The van der Waals surface area contributed by atoms with Crippen molar-refractivity contribution in [3.05, 3.63) is 59.7 Å². The number of nitrogens with one attached hydrogen (secondary N) is 2. The Kier molecular flexibility index (Phi) is 8.14. The Hall–Kier alpha value is -3.02. The predicted molar refractivity (Wildman–Crippen MR) is 128 cm³/mol. The fraction of sp³-hybridized carbons (Fsp3) is 0.462. The fourth-order valence-corrected chi connectivity index (χ4v) is 4.16. The van der Waals surface area contributed by atoms with Crippen LogP contribution in [0.25, 0.3) is 0 Å². The fourth-order valence-electron chi connectivity index (χ4n) is 4.16. The summed E-state index contributed by atoms with van der Waals surface area (Å²) in [6, 6.07) is 14.9. The number of rotatable bonds is 8. The van der Waals surface area contributed by atoms with Crippen molar-refractivity contribution in [1.29, 1.82) is 0 Å². The van der Waals surface area contributed by atoms with E-state index in [1.54, 1.807) is 13.2 Å². The van der Waals surface area contributed by atoms with Crippen molar-refractivity contribution in [2.24, 2.45) is 5.92 Å². The number of nitrogens with zero attached hydrogens (tertiary/aromatic N) is 1. The average Bonchev–Trinajstić information content (AvgIpc) is 2.78. The molecule has 2 aromatic rings. The molecule has 1 saturated heterocycles. The quantitative estimate of drug-likeness (QED) is 0.656. The van der Waals surface area contributed by atoms with Gasteiger partial charge in [-0.1, -0.05) is 31.5 Å². The first-order valence-electron chi connectivity index (χ1n) is 11.4. The van der Waals surface area contributed by atoms with Gasteiger partial charge in [0.1, 0.15) is 11.8 Å². The lowest BCUT2D eigenvalue weighted by molar-refractivity contribution is -0.124. The van der Waals surface area contributed by atoms with Crippen molar-refractivity contribution in [2.45, 2.75) is 52.1 Å². The summed E-state index contributed by atoms with van der Waals surface area (Å²) in [5, 5.41) is 6.15. The molecule has 0 aliphatic carbocycles. The molecule has 1 heterocycles. The number of amides is 2. The van der Waals surface area contributed by atoms with E-state index >= 15 is 0 Å². The molecule has 0 radical (unpaired) electrons. The zero-order valence-corrected chi connectivity index (χ0v) is 19.6. The third-order valence-corrected chi connectivity index (χ3v) is 5.81. The van der Waals surface area contributed by atoms with Gasteiger partial charge in [0, 0.05) is 30.4 Å². The van der Waals surface area contributed by atoms with Crippen LogP contribution in [0.2, 0.25) is 0 Å². The van der Waals surface area contributed by atoms with E-state index in [9.17, 15) is 9.59 Å². The summed E-state index contributed by atoms with van der Waals surface area (Å²) >= 11 is 0. The van der Waals surface area contributed by atoms with Crippen molar-refractivity contribution in [2.75, 3.05) is 25.1 Å². The van der Waals surface area contributed by atoms with Crippen LogP contribution in [0.15, 0.2) is 48.5 Å². The molecule has 0 unspecified atom stereocenters. The second kappa shape index (κ2) is 11.0. The molecule has 3 rings (SSSR count). The Morgan fingerprint density at radius 3 is 2.56 bits per heavy atom. The maximum absolute atomic E-state index is 13.1. The van der Waals surface area contributed by atoms with E-state index in [1.165, 1.54) is 0 Å². The lowest BCUT2D eigenvalue weighted by Gasteiger charge is -2.35. The topological polar surface area (TPSA) is 70.7 Å². The number of hydrogen-bond acceptors (Lipinski definition) is 4. The Bertz CT molecular complexity index is 911. The number of methoxy groups -OCH3 is 1. The van der Waals surface area contributed by atoms with Gasteiger partial charge in [0.05, 0.1) is 7.11 Å². The number of aryl methyl sites for hydroxylation is 1. The molecule has 0 bridgehead atoms. The van der Waals surface area contributed by atoms with Crippen LogP contribution in [0.5, 0.6) is 5.75 Å². The summed E-state index contributed by atoms with van der Waals surface area (Å²) in [5.41, 5.74) is 2.72. The van der Waals surface area contributed by atoms with E-state index in [0.717, 1.165) is 42.9 Å². The van der Waals surface area contributed by atoms with Gasteiger partial charge in [-0.05, 0) is 68.5 Å². The Labute approximate surface area is 191 Å². The Morgan fingerprint density at radius 1 is 1.16 bits per heavy atom. The van der Waals surface area contributed by atoms with E-state index in [-0.39, 0.29) is 23.8 Å². The summed E-state index contributed by atoms with van der Waals surface area (Å²) in [6.45, 7) is 7.78. The first kappa shape index (κ1) is 23.6. The highest BCUT2D eigenvalue weighted by molar-refractivity contribution is 5.97. The highest BCUT2D eigenvalue weighted by Gasteiger charge is 2.27. The number of anilines is 1. The van der Waals surface area contributed by atoms with Gasteiger partial charge in [-0.25, -0.2) is 0 Å². The van der Waals surface area contributed by atoms with Crippen LogP contribution in [-0.4, -0.2) is 44.1 Å². The summed E-state index contributed by atoms with van der Waals surface area (Å²) in [5.74, 6) is 0.793. The predicted octanol–water partition coefficient (Wildman–Crippen LogP) is 3.93. The number of piperidine rings is 1. The zero-order valence-electron chi connectivity index (χ0n) is 19.6. The lowest BCUT2D eigenvalue weighted by atomic mass is 10.00. The van der Waals surface area contributed by atoms with E-state index in [2.05, 4.69) is 29.4 Å². The van der Waals surface area contributed by atoms with E-state index in [1.807, 2.05) is 49.4 Å². The second-order valence-electron chi connectivity index (χ2n) is 9.02. The average molecular weight is 438 g/mol. The molecule has 2 amide bonds. The van der Waals surface area contributed by atoms with Crippen molar-refractivity contribution in [1.82, 2.24) is 10.6 Å². The number of hydrogen-bond donors (Lipinski definition) is 2. The van der Waals surface area contributed by atoms with Crippen molar-refractivity contribution in [3.63, 3.8) is 0 Å². The number of benzene rings is 2. The normalized spacial score (nSPS) is 17.0. The molecule has 2 aromatic carbocycles. The van der Waals surface area contributed by atoms with Crippen molar-refractivity contribution < 1.29 is 14.3 Å². The summed E-state index contributed by atoms with van der Waals surface area (Å²) in [7, 11) is 1.66. The molecule has 2 atom stereocenters. The highest BCUT2D eigenvalue weighted by Crippen LogP contribution is 2.23. The van der Waals surface area contributed by atoms with Gasteiger partial charge in [-0.2, -0.15) is 0 Å². The summed E-state index contributed by atoms with van der Waals surface area (Å²) in [6.07, 6.45) is 2.53. The molecule has 172 valence electrons. The van der Waals surface area contributed by atoms with Gasteiger partial charge in [0.2, 0.25) is 5.91 Å². The van der Waals surface area contributed by atoms with Gasteiger partial charge in [0.15, 0.2) is 0 Å². The Balaban J connectivity index is 1.63. The molecule has 32 heavy (non-hydrogen) atoms. The SMILES string of the molecule is COc1ccc(N2CCC[C@@H](NC(=O)[C@H](CC(C)C)NC(=O)c3cccc(C)c3)C2)cc1. The maximum atomic E-state index is 13.1. The minimum atomic E-state index is -0.556. The smallest absolute Gasteiger partial charge is 0.251 e. The van der Waals surface area contributed by atoms with Gasteiger partial charge >= 0.3 is 0 Å². The maximum Gasteiger partial charge on any atom is 0.251 e. The van der Waals surface area contributed by atoms with Crippen LogP contribution < -0.4 is 20.3 Å². The molecule has 6 nitrogen and oxygen atoms in total. The molecule has 0 saturated carbocycles. The van der Waals surface area contributed by atoms with Crippen LogP contribution in [0.1, 0.15) is 49.0 Å². The minimum Gasteiger partial charge on any atom is -0.497 e. The first-order valence-corrected chi connectivity index (χ1v) is 11.4.